The fourth-order valence-corrected chi connectivity index (χ4v) is 0.905. The molecule has 0 aliphatic rings. The van der Waals surface area contributed by atoms with Crippen LogP contribution in [0.1, 0.15) is 0 Å². The Morgan fingerprint density at radius 2 is 1.85 bits per heavy atom. The van der Waals surface area contributed by atoms with Gasteiger partial charge in [-0.2, -0.15) is 0 Å². The number of benzene rings is 1. The molecular formula is C8H7F2NO2. The number of para-hydroxylation sites is 1. The number of rotatable bonds is 1. The first-order valence-electron chi connectivity index (χ1n) is 3.44. The summed E-state index contributed by atoms with van der Waals surface area (Å²) < 4.78 is 25.8. The van der Waals surface area contributed by atoms with Gasteiger partial charge in [-0.1, -0.05) is 6.07 Å². The third-order valence-electron chi connectivity index (χ3n) is 1.56. The highest BCUT2D eigenvalue weighted by molar-refractivity contribution is 5.85. The molecule has 70 valence electrons. The Kier molecular flexibility index (Phi) is 2.46. The number of carboxylic acid groups (broad SMARTS) is 1. The SMILES string of the molecule is CN(C(=O)O)c1c(F)cccc1F. The average Bonchev–Trinajstić information content (AvgIpc) is 2.03. The number of amides is 1. The maximum absolute atomic E-state index is 12.9. The zero-order valence-corrected chi connectivity index (χ0v) is 6.79. The molecule has 0 radical (unpaired) electrons. The van der Waals surface area contributed by atoms with Gasteiger partial charge in [0.05, 0.1) is 0 Å². The lowest BCUT2D eigenvalue weighted by Crippen LogP contribution is -2.25. The molecule has 0 unspecified atom stereocenters. The lowest BCUT2D eigenvalue weighted by Gasteiger charge is -2.14. The van der Waals surface area contributed by atoms with E-state index in [1.807, 2.05) is 0 Å². The summed E-state index contributed by atoms with van der Waals surface area (Å²) in [6, 6.07) is 3.17. The van der Waals surface area contributed by atoms with Gasteiger partial charge in [-0.15, -0.1) is 0 Å². The van der Waals surface area contributed by atoms with E-state index in [2.05, 4.69) is 0 Å². The summed E-state index contributed by atoms with van der Waals surface area (Å²) in [6.45, 7) is 0. The third kappa shape index (κ3) is 1.74. The first-order valence-corrected chi connectivity index (χ1v) is 3.44. The van der Waals surface area contributed by atoms with Crippen molar-refractivity contribution in [2.45, 2.75) is 0 Å². The van der Waals surface area contributed by atoms with Crippen LogP contribution in [-0.2, 0) is 0 Å². The number of nitrogens with zero attached hydrogens (tertiary/aromatic N) is 1. The van der Waals surface area contributed by atoms with E-state index in [9.17, 15) is 13.6 Å². The maximum Gasteiger partial charge on any atom is 0.411 e. The lowest BCUT2D eigenvalue weighted by atomic mass is 10.3. The summed E-state index contributed by atoms with van der Waals surface area (Å²) >= 11 is 0. The lowest BCUT2D eigenvalue weighted by molar-refractivity contribution is 0.203. The molecule has 1 amide bonds. The molecule has 0 aliphatic heterocycles. The molecule has 0 fully saturated rings. The maximum atomic E-state index is 12.9. The minimum Gasteiger partial charge on any atom is -0.465 e. The third-order valence-corrected chi connectivity index (χ3v) is 1.56. The molecule has 0 aliphatic carbocycles. The summed E-state index contributed by atoms with van der Waals surface area (Å²) in [5.41, 5.74) is -0.560. The molecule has 13 heavy (non-hydrogen) atoms. The fourth-order valence-electron chi connectivity index (χ4n) is 0.905. The molecule has 1 aromatic rings. The molecule has 0 saturated heterocycles. The second-order valence-electron chi connectivity index (χ2n) is 2.41. The van der Waals surface area contributed by atoms with Crippen LogP contribution < -0.4 is 4.90 Å². The van der Waals surface area contributed by atoms with Gasteiger partial charge in [-0.05, 0) is 12.1 Å². The van der Waals surface area contributed by atoms with E-state index in [-0.39, 0.29) is 0 Å². The highest BCUT2D eigenvalue weighted by Crippen LogP contribution is 2.21. The van der Waals surface area contributed by atoms with Gasteiger partial charge in [0, 0.05) is 7.05 Å². The molecule has 1 aromatic carbocycles. The smallest absolute Gasteiger partial charge is 0.411 e. The van der Waals surface area contributed by atoms with Crippen LogP contribution >= 0.6 is 0 Å². The van der Waals surface area contributed by atoms with Crippen molar-refractivity contribution in [1.29, 1.82) is 0 Å². The Morgan fingerprint density at radius 1 is 1.38 bits per heavy atom. The molecule has 0 heterocycles. The van der Waals surface area contributed by atoms with Gasteiger partial charge in [-0.3, -0.25) is 4.90 Å². The Morgan fingerprint density at radius 3 is 2.23 bits per heavy atom. The number of halogens is 2. The Balaban J connectivity index is 3.20. The number of carbonyl (C=O) groups is 1. The summed E-state index contributed by atoms with van der Waals surface area (Å²) in [7, 11) is 1.07. The summed E-state index contributed by atoms with van der Waals surface area (Å²) in [4.78, 5) is 10.9. The number of hydrogen-bond acceptors (Lipinski definition) is 1. The predicted molar refractivity (Wildman–Crippen MR) is 42.8 cm³/mol. The molecule has 0 saturated carbocycles. The van der Waals surface area contributed by atoms with Gasteiger partial charge in [0.2, 0.25) is 0 Å². The Labute approximate surface area is 73.2 Å². The van der Waals surface area contributed by atoms with Crippen LogP contribution in [0.5, 0.6) is 0 Å². The predicted octanol–water partition coefficient (Wildman–Crippen LogP) is 2.08. The van der Waals surface area contributed by atoms with Crippen molar-refractivity contribution in [3.63, 3.8) is 0 Å². The zero-order valence-electron chi connectivity index (χ0n) is 6.79. The van der Waals surface area contributed by atoms with E-state index in [4.69, 9.17) is 5.11 Å². The van der Waals surface area contributed by atoms with E-state index in [1.165, 1.54) is 6.07 Å². The van der Waals surface area contributed by atoms with Crippen LogP contribution in [0, 0.1) is 11.6 Å². The monoisotopic (exact) mass is 187 g/mol. The first kappa shape index (κ1) is 9.44. The van der Waals surface area contributed by atoms with E-state index in [0.717, 1.165) is 19.2 Å². The van der Waals surface area contributed by atoms with Crippen molar-refractivity contribution in [1.82, 2.24) is 0 Å². The standard InChI is InChI=1S/C8H7F2NO2/c1-11(8(12)13)7-5(9)3-2-4-6(7)10/h2-4H,1H3,(H,12,13). The molecule has 5 heteroatoms. The number of hydrogen-bond donors (Lipinski definition) is 1. The second-order valence-corrected chi connectivity index (χ2v) is 2.41. The minimum atomic E-state index is -1.41. The van der Waals surface area contributed by atoms with Crippen LogP contribution in [0.25, 0.3) is 0 Å². The molecular weight excluding hydrogens is 180 g/mol. The summed E-state index contributed by atoms with van der Waals surface area (Å²) in [6.07, 6.45) is -1.41. The zero-order chi connectivity index (χ0) is 10.0. The molecule has 1 N–H and O–H groups in total. The van der Waals surface area contributed by atoms with Crippen LogP contribution in [0.2, 0.25) is 0 Å². The van der Waals surface area contributed by atoms with E-state index >= 15 is 0 Å². The molecule has 0 aromatic heterocycles. The van der Waals surface area contributed by atoms with Crippen molar-refractivity contribution in [3.8, 4) is 0 Å². The van der Waals surface area contributed by atoms with Crippen LogP contribution in [0.15, 0.2) is 18.2 Å². The Hall–Kier alpha value is -1.65. The fraction of sp³-hybridized carbons (Fsp3) is 0.125. The second kappa shape index (κ2) is 3.38. The molecule has 1 rings (SSSR count). The largest absolute Gasteiger partial charge is 0.465 e. The van der Waals surface area contributed by atoms with E-state index < -0.39 is 23.4 Å². The molecule has 3 nitrogen and oxygen atoms in total. The molecule has 0 atom stereocenters. The van der Waals surface area contributed by atoms with E-state index in [0.29, 0.717) is 4.90 Å². The van der Waals surface area contributed by atoms with Crippen molar-refractivity contribution < 1.29 is 18.7 Å². The van der Waals surface area contributed by atoms with Crippen molar-refractivity contribution in [2.24, 2.45) is 0 Å². The van der Waals surface area contributed by atoms with Gasteiger partial charge in [0.15, 0.2) is 0 Å². The van der Waals surface area contributed by atoms with Crippen molar-refractivity contribution in [2.75, 3.05) is 11.9 Å². The number of anilines is 1. The van der Waals surface area contributed by atoms with E-state index in [1.54, 1.807) is 0 Å². The summed E-state index contributed by atoms with van der Waals surface area (Å²) in [5, 5.41) is 8.48. The first-order chi connectivity index (χ1) is 6.04. The van der Waals surface area contributed by atoms with Crippen molar-refractivity contribution >= 4 is 11.8 Å². The normalized spacial score (nSPS) is 9.77. The quantitative estimate of drug-likeness (QED) is 0.731. The van der Waals surface area contributed by atoms with Crippen LogP contribution in [-0.4, -0.2) is 18.2 Å². The Bertz CT molecular complexity index is 321. The van der Waals surface area contributed by atoms with Crippen molar-refractivity contribution in [3.05, 3.63) is 29.8 Å². The average molecular weight is 187 g/mol. The van der Waals surface area contributed by atoms with Gasteiger partial charge in [0.1, 0.15) is 17.3 Å². The van der Waals surface area contributed by atoms with Gasteiger partial charge >= 0.3 is 6.09 Å². The van der Waals surface area contributed by atoms with Gasteiger partial charge < -0.3 is 5.11 Å². The highest BCUT2D eigenvalue weighted by atomic mass is 19.1. The van der Waals surface area contributed by atoms with Gasteiger partial charge in [-0.25, -0.2) is 13.6 Å². The van der Waals surface area contributed by atoms with Crippen LogP contribution in [0.3, 0.4) is 0 Å². The molecule has 0 spiro atoms. The summed E-state index contributed by atoms with van der Waals surface area (Å²) in [5.74, 6) is -1.80. The highest BCUT2D eigenvalue weighted by Gasteiger charge is 2.17. The topological polar surface area (TPSA) is 40.5 Å². The van der Waals surface area contributed by atoms with Gasteiger partial charge in [0.25, 0.3) is 0 Å². The van der Waals surface area contributed by atoms with Crippen LogP contribution in [0.4, 0.5) is 19.3 Å². The minimum absolute atomic E-state index is 0.491. The molecule has 0 bridgehead atoms.